The molecule has 3 aromatic rings. The molecule has 1 aromatic heterocycles. The lowest BCUT2D eigenvalue weighted by Crippen LogP contribution is -2.19. The summed E-state index contributed by atoms with van der Waals surface area (Å²) >= 11 is 13.2. The summed E-state index contributed by atoms with van der Waals surface area (Å²) in [6.45, 7) is 0. The second-order valence-corrected chi connectivity index (χ2v) is 7.50. The molecule has 138 valence electrons. The van der Waals surface area contributed by atoms with E-state index < -0.39 is 5.25 Å². The third kappa shape index (κ3) is 5.26. The Labute approximate surface area is 170 Å². The van der Waals surface area contributed by atoms with Crippen LogP contribution in [0.3, 0.4) is 0 Å². The molecule has 3 rings (SSSR count). The number of aromatic nitrogens is 2. The lowest BCUT2D eigenvalue weighted by atomic mass is 10.1. The van der Waals surface area contributed by atoms with Crippen molar-refractivity contribution in [1.29, 1.82) is 0 Å². The summed E-state index contributed by atoms with van der Waals surface area (Å²) in [7, 11) is 0. The highest BCUT2D eigenvalue weighted by atomic mass is 35.5. The maximum Gasteiger partial charge on any atom is 0.242 e. The van der Waals surface area contributed by atoms with E-state index in [1.807, 2.05) is 30.3 Å². The van der Waals surface area contributed by atoms with E-state index in [4.69, 9.17) is 34.7 Å². The van der Waals surface area contributed by atoms with Crippen LogP contribution >= 0.6 is 35.0 Å². The van der Waals surface area contributed by atoms with Crippen LogP contribution < -0.4 is 16.8 Å². The smallest absolute Gasteiger partial charge is 0.242 e. The van der Waals surface area contributed by atoms with Crippen molar-refractivity contribution in [2.24, 2.45) is 0 Å². The summed E-state index contributed by atoms with van der Waals surface area (Å²) < 4.78 is 0. The highest BCUT2D eigenvalue weighted by molar-refractivity contribution is 8.00. The average molecular weight is 420 g/mol. The van der Waals surface area contributed by atoms with E-state index in [-0.39, 0.29) is 17.5 Å². The number of carbonyl (C=O) groups is 1. The van der Waals surface area contributed by atoms with Crippen LogP contribution in [0, 0.1) is 0 Å². The first kappa shape index (κ1) is 19.3. The van der Waals surface area contributed by atoms with Gasteiger partial charge in [0.15, 0.2) is 5.16 Å². The Kier molecular flexibility index (Phi) is 6.05. The first-order chi connectivity index (χ1) is 12.9. The van der Waals surface area contributed by atoms with Gasteiger partial charge in [-0.15, -0.1) is 0 Å². The second kappa shape index (κ2) is 8.47. The highest BCUT2D eigenvalue weighted by Gasteiger charge is 2.24. The molecule has 1 atom stereocenters. The van der Waals surface area contributed by atoms with Crippen molar-refractivity contribution in [3.05, 3.63) is 70.2 Å². The number of carbonyl (C=O) groups excluding carboxylic acids is 1. The van der Waals surface area contributed by atoms with Crippen LogP contribution in [0.15, 0.2) is 59.8 Å². The van der Waals surface area contributed by atoms with Gasteiger partial charge in [0.2, 0.25) is 5.91 Å². The van der Waals surface area contributed by atoms with Gasteiger partial charge in [-0.2, -0.15) is 0 Å². The maximum absolute atomic E-state index is 13.0. The Balaban J connectivity index is 1.90. The molecule has 0 spiro atoms. The van der Waals surface area contributed by atoms with Gasteiger partial charge in [0.25, 0.3) is 0 Å². The molecule has 0 saturated heterocycles. The third-order valence-electron chi connectivity index (χ3n) is 3.44. The average Bonchev–Trinajstić information content (AvgIpc) is 2.58. The van der Waals surface area contributed by atoms with Crippen LogP contribution in [0.2, 0.25) is 10.0 Å². The standard InChI is InChI=1S/C18H15Cl2N5OS/c19-11-6-12(20)8-13(7-11)23-17(26)16(10-4-2-1-3-5-10)27-18-24-14(21)9-15(22)25-18/h1-9,16H,(H,23,26)(H4,21,22,24,25). The van der Waals surface area contributed by atoms with Crippen LogP contribution in [0.5, 0.6) is 0 Å². The van der Waals surface area contributed by atoms with E-state index in [2.05, 4.69) is 15.3 Å². The van der Waals surface area contributed by atoms with Gasteiger partial charge in [0.05, 0.1) is 0 Å². The van der Waals surface area contributed by atoms with Crippen LogP contribution in [0.25, 0.3) is 0 Å². The molecule has 1 amide bonds. The summed E-state index contributed by atoms with van der Waals surface area (Å²) in [6.07, 6.45) is 0. The molecule has 6 nitrogen and oxygen atoms in total. The molecule has 0 aliphatic heterocycles. The normalized spacial score (nSPS) is 11.8. The zero-order valence-electron chi connectivity index (χ0n) is 13.9. The quantitative estimate of drug-likeness (QED) is 0.417. The monoisotopic (exact) mass is 419 g/mol. The number of nitrogens with one attached hydrogen (secondary N) is 1. The molecular formula is C18H15Cl2N5OS. The first-order valence-corrected chi connectivity index (χ1v) is 9.43. The topological polar surface area (TPSA) is 107 Å². The molecule has 0 radical (unpaired) electrons. The summed E-state index contributed by atoms with van der Waals surface area (Å²) in [5.41, 5.74) is 12.7. The largest absolute Gasteiger partial charge is 0.383 e. The molecule has 9 heteroatoms. The summed E-state index contributed by atoms with van der Waals surface area (Å²) in [5, 5.41) is 3.35. The first-order valence-electron chi connectivity index (χ1n) is 7.79. The van der Waals surface area contributed by atoms with Crippen LogP contribution in [0.1, 0.15) is 10.8 Å². The number of hydrogen-bond donors (Lipinski definition) is 3. The number of thioether (sulfide) groups is 1. The van der Waals surface area contributed by atoms with Crippen molar-refractivity contribution in [3.8, 4) is 0 Å². The van der Waals surface area contributed by atoms with Gasteiger partial charge >= 0.3 is 0 Å². The fourth-order valence-electron chi connectivity index (χ4n) is 2.35. The van der Waals surface area contributed by atoms with E-state index in [9.17, 15) is 4.79 Å². The predicted octanol–water partition coefficient (Wildman–Crippen LogP) is 4.42. The van der Waals surface area contributed by atoms with E-state index in [0.29, 0.717) is 20.9 Å². The minimum absolute atomic E-state index is 0.235. The maximum atomic E-state index is 13.0. The van der Waals surface area contributed by atoms with Gasteiger partial charge in [-0.25, -0.2) is 9.97 Å². The van der Waals surface area contributed by atoms with Crippen molar-refractivity contribution in [2.45, 2.75) is 10.4 Å². The third-order valence-corrected chi connectivity index (χ3v) is 4.99. The summed E-state index contributed by atoms with van der Waals surface area (Å²) in [6, 6.07) is 15.5. The fraction of sp³-hybridized carbons (Fsp3) is 0.0556. The molecule has 1 heterocycles. The van der Waals surface area contributed by atoms with Crippen molar-refractivity contribution in [1.82, 2.24) is 9.97 Å². The Morgan fingerprint density at radius 2 is 1.56 bits per heavy atom. The Bertz CT molecular complexity index is 931. The number of anilines is 3. The minimum atomic E-state index is -0.634. The number of halogens is 2. The number of nitrogens with zero attached hydrogens (tertiary/aromatic N) is 2. The highest BCUT2D eigenvalue weighted by Crippen LogP contribution is 2.35. The minimum Gasteiger partial charge on any atom is -0.383 e. The molecule has 5 N–H and O–H groups in total. The molecule has 0 bridgehead atoms. The summed E-state index contributed by atoms with van der Waals surface area (Å²) in [4.78, 5) is 21.3. The summed E-state index contributed by atoms with van der Waals surface area (Å²) in [5.74, 6) is 0.187. The van der Waals surface area contributed by atoms with Gasteiger partial charge in [0.1, 0.15) is 16.9 Å². The zero-order valence-corrected chi connectivity index (χ0v) is 16.2. The Hall–Kier alpha value is -2.48. The van der Waals surface area contributed by atoms with Crippen LogP contribution in [-0.4, -0.2) is 15.9 Å². The van der Waals surface area contributed by atoms with E-state index in [0.717, 1.165) is 17.3 Å². The van der Waals surface area contributed by atoms with E-state index >= 15 is 0 Å². The van der Waals surface area contributed by atoms with E-state index in [1.54, 1.807) is 18.2 Å². The van der Waals surface area contributed by atoms with Crippen molar-refractivity contribution >= 4 is 58.2 Å². The SMILES string of the molecule is Nc1cc(N)nc(SC(C(=O)Nc2cc(Cl)cc(Cl)c2)c2ccccc2)n1. The Morgan fingerprint density at radius 3 is 2.15 bits per heavy atom. The number of hydrogen-bond acceptors (Lipinski definition) is 6. The molecule has 27 heavy (non-hydrogen) atoms. The predicted molar refractivity (Wildman–Crippen MR) is 111 cm³/mol. The van der Waals surface area contributed by atoms with Crippen molar-refractivity contribution in [2.75, 3.05) is 16.8 Å². The van der Waals surface area contributed by atoms with Crippen LogP contribution in [0.4, 0.5) is 17.3 Å². The number of benzene rings is 2. The molecule has 0 fully saturated rings. The molecule has 0 aliphatic rings. The molecule has 0 aliphatic carbocycles. The molecular weight excluding hydrogens is 405 g/mol. The van der Waals surface area contributed by atoms with Gasteiger partial charge in [-0.1, -0.05) is 65.3 Å². The number of rotatable bonds is 5. The van der Waals surface area contributed by atoms with Crippen molar-refractivity contribution < 1.29 is 4.79 Å². The van der Waals surface area contributed by atoms with Gasteiger partial charge < -0.3 is 16.8 Å². The zero-order chi connectivity index (χ0) is 19.4. The second-order valence-electron chi connectivity index (χ2n) is 5.56. The number of nitrogens with two attached hydrogens (primary N) is 2. The van der Waals surface area contributed by atoms with Gasteiger partial charge in [-0.05, 0) is 23.8 Å². The lowest BCUT2D eigenvalue weighted by Gasteiger charge is -2.17. The fourth-order valence-corrected chi connectivity index (χ4v) is 3.87. The molecule has 2 aromatic carbocycles. The van der Waals surface area contributed by atoms with Crippen LogP contribution in [-0.2, 0) is 4.79 Å². The van der Waals surface area contributed by atoms with Gasteiger partial charge in [0, 0.05) is 21.8 Å². The number of nitrogen functional groups attached to an aromatic ring is 2. The molecule has 0 saturated carbocycles. The van der Waals surface area contributed by atoms with Gasteiger partial charge in [-0.3, -0.25) is 4.79 Å². The number of amides is 1. The molecule has 1 unspecified atom stereocenters. The lowest BCUT2D eigenvalue weighted by molar-refractivity contribution is -0.115. The van der Waals surface area contributed by atoms with Crippen molar-refractivity contribution in [3.63, 3.8) is 0 Å². The Morgan fingerprint density at radius 1 is 0.963 bits per heavy atom. The van der Waals surface area contributed by atoms with E-state index in [1.165, 1.54) is 6.07 Å².